The lowest BCUT2D eigenvalue weighted by atomic mass is 10.1. The van der Waals surface area contributed by atoms with E-state index in [2.05, 4.69) is 64.1 Å². The SMILES string of the molecule is CN=C(NCCCC(C)C)NCCn1c(C)nc2ccccc21. The van der Waals surface area contributed by atoms with Gasteiger partial charge in [0.15, 0.2) is 5.96 Å². The lowest BCUT2D eigenvalue weighted by Gasteiger charge is -2.13. The van der Waals surface area contributed by atoms with E-state index in [1.807, 2.05) is 13.1 Å². The molecule has 2 N–H and O–H groups in total. The summed E-state index contributed by atoms with van der Waals surface area (Å²) in [6.07, 6.45) is 2.41. The van der Waals surface area contributed by atoms with Crippen LogP contribution in [0.15, 0.2) is 29.3 Å². The van der Waals surface area contributed by atoms with Crippen LogP contribution in [0.3, 0.4) is 0 Å². The van der Waals surface area contributed by atoms with E-state index >= 15 is 0 Å². The van der Waals surface area contributed by atoms with E-state index in [0.717, 1.165) is 42.9 Å². The summed E-state index contributed by atoms with van der Waals surface area (Å²) in [6.45, 7) is 9.23. The van der Waals surface area contributed by atoms with E-state index < -0.39 is 0 Å². The number of aliphatic imine (C=N–C) groups is 1. The van der Waals surface area contributed by atoms with Gasteiger partial charge in [-0.05, 0) is 37.8 Å². The molecule has 2 rings (SSSR count). The molecule has 0 aliphatic carbocycles. The number of benzene rings is 1. The lowest BCUT2D eigenvalue weighted by molar-refractivity contribution is 0.548. The summed E-state index contributed by atoms with van der Waals surface area (Å²) in [7, 11) is 1.82. The molecule has 2 aromatic rings. The molecule has 1 heterocycles. The Bertz CT molecular complexity index is 642. The van der Waals surface area contributed by atoms with Gasteiger partial charge in [0.25, 0.3) is 0 Å². The molecule has 0 atom stereocenters. The van der Waals surface area contributed by atoms with Gasteiger partial charge in [0.05, 0.1) is 11.0 Å². The maximum absolute atomic E-state index is 4.60. The Morgan fingerprint density at radius 3 is 2.70 bits per heavy atom. The van der Waals surface area contributed by atoms with Crippen LogP contribution in [-0.4, -0.2) is 35.6 Å². The number of imidazole rings is 1. The number of para-hydroxylation sites is 2. The fraction of sp³-hybridized carbons (Fsp3) is 0.556. The molecular formula is C18H29N5. The maximum atomic E-state index is 4.60. The summed E-state index contributed by atoms with van der Waals surface area (Å²) in [4.78, 5) is 8.88. The van der Waals surface area contributed by atoms with Crippen molar-refractivity contribution in [3.8, 4) is 0 Å². The first kappa shape index (κ1) is 17.3. The molecule has 0 saturated heterocycles. The highest BCUT2D eigenvalue weighted by atomic mass is 15.2. The summed E-state index contributed by atoms with van der Waals surface area (Å²) < 4.78 is 2.24. The van der Waals surface area contributed by atoms with Gasteiger partial charge in [-0.3, -0.25) is 4.99 Å². The average Bonchev–Trinajstić information content (AvgIpc) is 2.85. The van der Waals surface area contributed by atoms with E-state index in [9.17, 15) is 0 Å². The molecule has 0 aliphatic rings. The number of rotatable bonds is 7. The fourth-order valence-electron chi connectivity index (χ4n) is 2.70. The Labute approximate surface area is 139 Å². The smallest absolute Gasteiger partial charge is 0.191 e. The van der Waals surface area contributed by atoms with Gasteiger partial charge in [0, 0.05) is 26.7 Å². The highest BCUT2D eigenvalue weighted by Gasteiger charge is 2.06. The molecule has 23 heavy (non-hydrogen) atoms. The second-order valence-electron chi connectivity index (χ2n) is 6.26. The van der Waals surface area contributed by atoms with Gasteiger partial charge in [0.2, 0.25) is 0 Å². The number of guanidine groups is 1. The highest BCUT2D eigenvalue weighted by Crippen LogP contribution is 2.14. The summed E-state index contributed by atoms with van der Waals surface area (Å²) >= 11 is 0. The van der Waals surface area contributed by atoms with Crippen LogP contribution in [0.2, 0.25) is 0 Å². The molecule has 0 radical (unpaired) electrons. The van der Waals surface area contributed by atoms with Crippen molar-refractivity contribution < 1.29 is 0 Å². The third-order valence-electron chi connectivity index (χ3n) is 3.95. The van der Waals surface area contributed by atoms with E-state index in [1.165, 1.54) is 18.4 Å². The minimum atomic E-state index is 0.754. The quantitative estimate of drug-likeness (QED) is 0.469. The summed E-state index contributed by atoms with van der Waals surface area (Å²) in [5, 5.41) is 6.75. The van der Waals surface area contributed by atoms with Gasteiger partial charge >= 0.3 is 0 Å². The van der Waals surface area contributed by atoms with Crippen LogP contribution in [0.5, 0.6) is 0 Å². The number of hydrogen-bond acceptors (Lipinski definition) is 2. The average molecular weight is 315 g/mol. The van der Waals surface area contributed by atoms with Crippen molar-refractivity contribution in [2.75, 3.05) is 20.1 Å². The van der Waals surface area contributed by atoms with Crippen LogP contribution in [-0.2, 0) is 6.54 Å². The predicted molar refractivity (Wildman–Crippen MR) is 97.9 cm³/mol. The van der Waals surface area contributed by atoms with Gasteiger partial charge in [-0.1, -0.05) is 26.0 Å². The van der Waals surface area contributed by atoms with Crippen LogP contribution in [0.4, 0.5) is 0 Å². The number of aromatic nitrogens is 2. The molecule has 0 spiro atoms. The van der Waals surface area contributed by atoms with Crippen LogP contribution in [0, 0.1) is 12.8 Å². The first-order valence-corrected chi connectivity index (χ1v) is 8.48. The monoisotopic (exact) mass is 315 g/mol. The Kier molecular flexibility index (Phi) is 6.44. The summed E-state index contributed by atoms with van der Waals surface area (Å²) in [6, 6.07) is 8.26. The summed E-state index contributed by atoms with van der Waals surface area (Å²) in [5.74, 6) is 2.67. The second kappa shape index (κ2) is 8.56. The zero-order chi connectivity index (χ0) is 16.7. The highest BCUT2D eigenvalue weighted by molar-refractivity contribution is 5.79. The topological polar surface area (TPSA) is 54.2 Å². The molecule has 5 nitrogen and oxygen atoms in total. The molecule has 1 aromatic carbocycles. The second-order valence-corrected chi connectivity index (χ2v) is 6.26. The van der Waals surface area contributed by atoms with Gasteiger partial charge in [-0.25, -0.2) is 4.98 Å². The summed E-state index contributed by atoms with van der Waals surface area (Å²) in [5.41, 5.74) is 2.24. The van der Waals surface area contributed by atoms with Crippen LogP contribution >= 0.6 is 0 Å². The number of nitrogens with one attached hydrogen (secondary N) is 2. The van der Waals surface area contributed by atoms with E-state index in [1.54, 1.807) is 0 Å². The predicted octanol–water partition coefficient (Wildman–Crippen LogP) is 2.95. The van der Waals surface area contributed by atoms with Crippen LogP contribution < -0.4 is 10.6 Å². The molecule has 0 saturated carbocycles. The normalized spacial score (nSPS) is 12.1. The third kappa shape index (κ3) is 4.98. The number of hydrogen-bond donors (Lipinski definition) is 2. The lowest BCUT2D eigenvalue weighted by Crippen LogP contribution is -2.39. The molecule has 0 bridgehead atoms. The minimum absolute atomic E-state index is 0.754. The molecule has 5 heteroatoms. The van der Waals surface area contributed by atoms with Crippen molar-refractivity contribution in [2.24, 2.45) is 10.9 Å². The van der Waals surface area contributed by atoms with E-state index in [-0.39, 0.29) is 0 Å². The molecule has 126 valence electrons. The van der Waals surface area contributed by atoms with E-state index in [0.29, 0.717) is 0 Å². The van der Waals surface area contributed by atoms with E-state index in [4.69, 9.17) is 0 Å². The molecule has 0 aliphatic heterocycles. The van der Waals surface area contributed by atoms with Crippen molar-refractivity contribution in [3.05, 3.63) is 30.1 Å². The van der Waals surface area contributed by atoms with Crippen molar-refractivity contribution in [3.63, 3.8) is 0 Å². The molecular weight excluding hydrogens is 286 g/mol. The van der Waals surface area contributed by atoms with Gasteiger partial charge in [0.1, 0.15) is 5.82 Å². The third-order valence-corrected chi connectivity index (χ3v) is 3.95. The van der Waals surface area contributed by atoms with Gasteiger partial charge in [-0.2, -0.15) is 0 Å². The Morgan fingerprint density at radius 2 is 1.96 bits per heavy atom. The van der Waals surface area contributed by atoms with Crippen LogP contribution in [0.25, 0.3) is 11.0 Å². The molecule has 1 aromatic heterocycles. The number of aryl methyl sites for hydroxylation is 1. The Hall–Kier alpha value is -2.04. The maximum Gasteiger partial charge on any atom is 0.191 e. The van der Waals surface area contributed by atoms with Crippen molar-refractivity contribution in [2.45, 2.75) is 40.2 Å². The first-order chi connectivity index (χ1) is 11.1. The van der Waals surface area contributed by atoms with Gasteiger partial charge < -0.3 is 15.2 Å². The number of fused-ring (bicyclic) bond motifs is 1. The largest absolute Gasteiger partial charge is 0.356 e. The van der Waals surface area contributed by atoms with Crippen LogP contribution in [0.1, 0.15) is 32.5 Å². The number of nitrogens with zero attached hydrogens (tertiary/aromatic N) is 3. The minimum Gasteiger partial charge on any atom is -0.356 e. The fourth-order valence-corrected chi connectivity index (χ4v) is 2.70. The Balaban J connectivity index is 1.82. The zero-order valence-corrected chi connectivity index (χ0v) is 14.8. The van der Waals surface area contributed by atoms with Crippen molar-refractivity contribution in [1.82, 2.24) is 20.2 Å². The first-order valence-electron chi connectivity index (χ1n) is 8.48. The molecule has 0 amide bonds. The van der Waals surface area contributed by atoms with Crippen molar-refractivity contribution >= 4 is 17.0 Å². The molecule has 0 unspecified atom stereocenters. The molecule has 0 fully saturated rings. The van der Waals surface area contributed by atoms with Gasteiger partial charge in [-0.15, -0.1) is 0 Å². The standard InChI is InChI=1S/C18H29N5/c1-14(2)8-7-11-20-18(19-4)21-12-13-23-15(3)22-16-9-5-6-10-17(16)23/h5-6,9-10,14H,7-8,11-13H2,1-4H3,(H2,19,20,21). The Morgan fingerprint density at radius 1 is 1.22 bits per heavy atom. The zero-order valence-electron chi connectivity index (χ0n) is 14.8. The van der Waals surface area contributed by atoms with Crippen molar-refractivity contribution in [1.29, 1.82) is 0 Å².